The lowest BCUT2D eigenvalue weighted by atomic mass is 10.1. The van der Waals surface area contributed by atoms with Gasteiger partial charge in [-0.25, -0.2) is 8.78 Å². The fraction of sp³-hybridized carbons (Fsp3) is 0.133. The zero-order valence-electron chi connectivity index (χ0n) is 10.5. The lowest BCUT2D eigenvalue weighted by Crippen LogP contribution is -2.13. The molecule has 102 valence electrons. The maximum atomic E-state index is 13.1. The monoisotopic (exact) mass is 274 g/mol. The second-order valence-corrected chi connectivity index (χ2v) is 4.32. The van der Waals surface area contributed by atoms with Crippen molar-refractivity contribution in [2.24, 2.45) is 0 Å². The Morgan fingerprint density at radius 3 is 2.10 bits per heavy atom. The average molecular weight is 274 g/mol. The predicted molar refractivity (Wildman–Crippen MR) is 69.7 cm³/mol. The topological polar surface area (TPSA) is 56.0 Å². The van der Waals surface area contributed by atoms with E-state index in [9.17, 15) is 8.78 Å². The number of nitrogens with zero attached hydrogens (tertiary/aromatic N) is 1. The van der Waals surface area contributed by atoms with Gasteiger partial charge in [0.1, 0.15) is 0 Å². The molecule has 0 fully saturated rings. The Balaban J connectivity index is 1.94. The number of hydrogen-bond donors (Lipinski definition) is 2. The Hall–Kier alpha value is -2.45. The van der Waals surface area contributed by atoms with Gasteiger partial charge in [0.25, 0.3) is 0 Å². The van der Waals surface area contributed by atoms with Crippen LogP contribution in [-0.4, -0.2) is 5.11 Å². The van der Waals surface area contributed by atoms with E-state index in [1.807, 2.05) is 18.2 Å². The van der Waals surface area contributed by atoms with Gasteiger partial charge in [-0.05, 0) is 35.4 Å². The number of rotatable bonds is 4. The Labute approximate surface area is 115 Å². The zero-order valence-corrected chi connectivity index (χ0v) is 10.5. The Bertz CT molecular complexity index is 625. The summed E-state index contributed by atoms with van der Waals surface area (Å²) in [6, 6.07) is 11.2. The molecule has 0 aliphatic rings. The summed E-state index contributed by atoms with van der Waals surface area (Å²) in [5.74, 6) is -2.90. The minimum atomic E-state index is -0.972. The zero-order chi connectivity index (χ0) is 14.5. The first-order valence-electron chi connectivity index (χ1n) is 5.97. The fourth-order valence-electron chi connectivity index (χ4n) is 1.77. The fourth-order valence-corrected chi connectivity index (χ4v) is 1.77. The summed E-state index contributed by atoms with van der Waals surface area (Å²) < 4.78 is 26.3. The molecule has 0 saturated carbocycles. The van der Waals surface area contributed by atoms with Gasteiger partial charge in [-0.1, -0.05) is 12.1 Å². The number of benzene rings is 2. The van der Waals surface area contributed by atoms with E-state index in [0.717, 1.165) is 17.7 Å². The van der Waals surface area contributed by atoms with Crippen molar-refractivity contribution >= 4 is 0 Å². The smallest absolute Gasteiger partial charge is 0.187 e. The van der Waals surface area contributed by atoms with E-state index < -0.39 is 17.4 Å². The molecule has 0 spiro atoms. The highest BCUT2D eigenvalue weighted by molar-refractivity contribution is 5.32. The molecule has 0 bridgehead atoms. The van der Waals surface area contributed by atoms with Gasteiger partial charge >= 0.3 is 0 Å². The Morgan fingerprint density at radius 1 is 1.00 bits per heavy atom. The summed E-state index contributed by atoms with van der Waals surface area (Å²) in [5.41, 5.74) is 1.95. The maximum absolute atomic E-state index is 13.1. The van der Waals surface area contributed by atoms with Crippen molar-refractivity contribution in [1.82, 2.24) is 5.32 Å². The molecule has 0 heterocycles. The van der Waals surface area contributed by atoms with Crippen LogP contribution in [0.15, 0.2) is 36.4 Å². The standard InChI is InChI=1S/C15H12F2N2O/c16-13-5-12(6-14(17)15(13)20)9-19-8-11-3-1-10(7-18)2-4-11/h1-6,19-20H,8-9H2. The van der Waals surface area contributed by atoms with E-state index in [0.29, 0.717) is 17.7 Å². The molecule has 0 aliphatic carbocycles. The molecule has 0 unspecified atom stereocenters. The van der Waals surface area contributed by atoms with Crippen molar-refractivity contribution in [3.8, 4) is 11.8 Å². The third kappa shape index (κ3) is 3.31. The van der Waals surface area contributed by atoms with Gasteiger partial charge in [-0.3, -0.25) is 0 Å². The summed E-state index contributed by atoms with van der Waals surface area (Å²) >= 11 is 0. The highest BCUT2D eigenvalue weighted by atomic mass is 19.1. The Morgan fingerprint density at radius 2 is 1.55 bits per heavy atom. The summed E-state index contributed by atoms with van der Waals surface area (Å²) in [6.45, 7) is 0.782. The molecule has 0 radical (unpaired) electrons. The molecule has 3 nitrogen and oxygen atoms in total. The number of aromatic hydroxyl groups is 1. The summed E-state index contributed by atoms with van der Waals surface area (Å²) in [5, 5.41) is 20.7. The number of nitriles is 1. The Kier molecular flexibility index (Phi) is 4.28. The third-order valence-corrected chi connectivity index (χ3v) is 2.82. The maximum Gasteiger partial charge on any atom is 0.187 e. The largest absolute Gasteiger partial charge is 0.503 e. The average Bonchev–Trinajstić information content (AvgIpc) is 2.45. The van der Waals surface area contributed by atoms with Gasteiger partial charge in [-0.2, -0.15) is 5.26 Å². The number of nitrogens with one attached hydrogen (secondary N) is 1. The highest BCUT2D eigenvalue weighted by Gasteiger charge is 2.09. The molecule has 20 heavy (non-hydrogen) atoms. The molecule has 2 rings (SSSR count). The molecule has 0 atom stereocenters. The first-order chi connectivity index (χ1) is 9.60. The van der Waals surface area contributed by atoms with E-state index in [1.165, 1.54) is 0 Å². The van der Waals surface area contributed by atoms with Crippen LogP contribution < -0.4 is 5.32 Å². The van der Waals surface area contributed by atoms with E-state index in [-0.39, 0.29) is 6.54 Å². The predicted octanol–water partition coefficient (Wildman–Crippen LogP) is 2.83. The first kappa shape index (κ1) is 14.0. The number of phenolic OH excluding ortho intramolecular Hbond substituents is 1. The molecule has 0 saturated heterocycles. The summed E-state index contributed by atoms with van der Waals surface area (Å²) in [7, 11) is 0. The molecule has 2 aromatic rings. The van der Waals surface area contributed by atoms with Crippen LogP contribution in [0.25, 0.3) is 0 Å². The second-order valence-electron chi connectivity index (χ2n) is 4.32. The molecule has 2 aromatic carbocycles. The first-order valence-corrected chi connectivity index (χ1v) is 5.97. The minimum Gasteiger partial charge on any atom is -0.503 e. The van der Waals surface area contributed by atoms with Crippen LogP contribution in [0.1, 0.15) is 16.7 Å². The molecular formula is C15H12F2N2O. The van der Waals surface area contributed by atoms with Crippen LogP contribution in [-0.2, 0) is 13.1 Å². The van der Waals surface area contributed by atoms with Gasteiger partial charge in [0.05, 0.1) is 11.6 Å². The number of halogens is 2. The van der Waals surface area contributed by atoms with Crippen LogP contribution in [0.4, 0.5) is 8.78 Å². The van der Waals surface area contributed by atoms with Gasteiger partial charge in [0.2, 0.25) is 0 Å². The quantitative estimate of drug-likeness (QED) is 0.901. The van der Waals surface area contributed by atoms with Crippen molar-refractivity contribution in [2.75, 3.05) is 0 Å². The van der Waals surface area contributed by atoms with Gasteiger partial charge < -0.3 is 10.4 Å². The minimum absolute atomic E-state index is 0.272. The molecule has 0 amide bonds. The van der Waals surface area contributed by atoms with Crippen molar-refractivity contribution in [3.63, 3.8) is 0 Å². The van der Waals surface area contributed by atoms with E-state index in [1.54, 1.807) is 12.1 Å². The van der Waals surface area contributed by atoms with E-state index >= 15 is 0 Å². The van der Waals surface area contributed by atoms with Gasteiger partial charge in [0.15, 0.2) is 17.4 Å². The van der Waals surface area contributed by atoms with Gasteiger partial charge in [-0.15, -0.1) is 0 Å². The van der Waals surface area contributed by atoms with Crippen LogP contribution >= 0.6 is 0 Å². The highest BCUT2D eigenvalue weighted by Crippen LogP contribution is 2.21. The number of phenols is 1. The van der Waals surface area contributed by atoms with Crippen molar-refractivity contribution < 1.29 is 13.9 Å². The van der Waals surface area contributed by atoms with Crippen molar-refractivity contribution in [2.45, 2.75) is 13.1 Å². The van der Waals surface area contributed by atoms with E-state index in [4.69, 9.17) is 10.4 Å². The third-order valence-electron chi connectivity index (χ3n) is 2.82. The SMILES string of the molecule is N#Cc1ccc(CNCc2cc(F)c(O)c(F)c2)cc1. The molecule has 2 N–H and O–H groups in total. The van der Waals surface area contributed by atoms with Crippen molar-refractivity contribution in [3.05, 3.63) is 64.7 Å². The van der Waals surface area contributed by atoms with Gasteiger partial charge in [0, 0.05) is 13.1 Å². The molecular weight excluding hydrogens is 262 g/mol. The molecule has 5 heteroatoms. The lowest BCUT2D eigenvalue weighted by molar-refractivity contribution is 0.395. The number of hydrogen-bond acceptors (Lipinski definition) is 3. The molecule has 0 aromatic heterocycles. The van der Waals surface area contributed by atoms with E-state index in [2.05, 4.69) is 5.32 Å². The van der Waals surface area contributed by atoms with Crippen LogP contribution in [0.3, 0.4) is 0 Å². The second kappa shape index (κ2) is 6.13. The normalized spacial score (nSPS) is 10.2. The molecule has 0 aliphatic heterocycles. The van der Waals surface area contributed by atoms with Crippen LogP contribution in [0.2, 0.25) is 0 Å². The van der Waals surface area contributed by atoms with Crippen LogP contribution in [0.5, 0.6) is 5.75 Å². The van der Waals surface area contributed by atoms with Crippen LogP contribution in [0, 0.1) is 23.0 Å². The lowest BCUT2D eigenvalue weighted by Gasteiger charge is -2.07. The summed E-state index contributed by atoms with van der Waals surface area (Å²) in [6.07, 6.45) is 0. The summed E-state index contributed by atoms with van der Waals surface area (Å²) in [4.78, 5) is 0. The van der Waals surface area contributed by atoms with Crippen molar-refractivity contribution in [1.29, 1.82) is 5.26 Å².